The Morgan fingerprint density at radius 3 is 2.21 bits per heavy atom. The Labute approximate surface area is 190 Å². The zero-order valence-electron chi connectivity index (χ0n) is 18.1. The number of rotatable bonds is 4. The van der Waals surface area contributed by atoms with Gasteiger partial charge in [-0.2, -0.15) is 0 Å². The van der Waals surface area contributed by atoms with Crippen LogP contribution in [0.25, 0.3) is 0 Å². The van der Waals surface area contributed by atoms with Gasteiger partial charge < -0.3 is 14.3 Å². The standard InChI is InChI=1S/C25H22N2O6/c1-12(28)32-16-9-5-14(6-10-16)27-24(29)19-17-11-18(20(19)25(27)30)23-21(17)22(26-33-23)13-3-7-15(31-2)8-4-13/h3-10,17-21,23H,11H2,1-2H3/t17-,18+,19-,20+,21+,23+/m1/s1. The molecule has 2 aromatic carbocycles. The van der Waals surface area contributed by atoms with E-state index in [-0.39, 0.29) is 47.5 Å². The number of esters is 1. The molecule has 0 spiro atoms. The van der Waals surface area contributed by atoms with Crippen molar-refractivity contribution in [1.29, 1.82) is 0 Å². The molecule has 4 aliphatic rings. The van der Waals surface area contributed by atoms with Crippen LogP contribution in [0.4, 0.5) is 5.69 Å². The number of nitrogens with zero attached hydrogens (tertiary/aromatic N) is 2. The number of carbonyl (C=O) groups is 3. The molecule has 2 saturated carbocycles. The minimum Gasteiger partial charge on any atom is -0.497 e. The van der Waals surface area contributed by atoms with Gasteiger partial charge in [-0.3, -0.25) is 19.3 Å². The summed E-state index contributed by atoms with van der Waals surface area (Å²) in [5.74, 6) is -0.444. The first-order valence-corrected chi connectivity index (χ1v) is 11.0. The summed E-state index contributed by atoms with van der Waals surface area (Å²) < 4.78 is 10.3. The van der Waals surface area contributed by atoms with E-state index in [0.29, 0.717) is 11.4 Å². The normalized spacial score (nSPS) is 31.2. The van der Waals surface area contributed by atoms with Gasteiger partial charge >= 0.3 is 5.97 Å². The second-order valence-electron chi connectivity index (χ2n) is 9.02. The number of benzene rings is 2. The molecule has 2 amide bonds. The zero-order chi connectivity index (χ0) is 22.9. The van der Waals surface area contributed by atoms with Crippen molar-refractivity contribution in [2.75, 3.05) is 12.0 Å². The molecule has 2 bridgehead atoms. The average molecular weight is 446 g/mol. The predicted molar refractivity (Wildman–Crippen MR) is 117 cm³/mol. The van der Waals surface area contributed by atoms with Crippen molar-refractivity contribution in [3.8, 4) is 11.5 Å². The highest BCUT2D eigenvalue weighted by Crippen LogP contribution is 2.62. The molecule has 2 aromatic rings. The molecule has 3 fully saturated rings. The second kappa shape index (κ2) is 7.16. The van der Waals surface area contributed by atoms with Crippen LogP contribution in [0.2, 0.25) is 0 Å². The Balaban J connectivity index is 1.28. The van der Waals surface area contributed by atoms with E-state index in [0.717, 1.165) is 23.4 Å². The van der Waals surface area contributed by atoms with E-state index in [1.165, 1.54) is 11.8 Å². The lowest BCUT2D eigenvalue weighted by Crippen LogP contribution is -2.41. The maximum absolute atomic E-state index is 13.5. The lowest BCUT2D eigenvalue weighted by atomic mass is 9.71. The van der Waals surface area contributed by atoms with Gasteiger partial charge in [0, 0.05) is 24.3 Å². The molecule has 2 heterocycles. The first kappa shape index (κ1) is 20.0. The Hall–Kier alpha value is -3.68. The minimum atomic E-state index is -0.428. The summed E-state index contributed by atoms with van der Waals surface area (Å²) in [5.41, 5.74) is 2.28. The van der Waals surface area contributed by atoms with E-state index in [1.807, 2.05) is 24.3 Å². The molecule has 1 saturated heterocycles. The number of anilines is 1. The molecule has 168 valence electrons. The smallest absolute Gasteiger partial charge is 0.308 e. The highest BCUT2D eigenvalue weighted by atomic mass is 16.6. The van der Waals surface area contributed by atoms with Gasteiger partial charge in [0.15, 0.2) is 0 Å². The van der Waals surface area contributed by atoms with Crippen LogP contribution in [0.3, 0.4) is 0 Å². The molecule has 2 aliphatic heterocycles. The largest absolute Gasteiger partial charge is 0.497 e. The number of hydrogen-bond acceptors (Lipinski definition) is 7. The highest BCUT2D eigenvalue weighted by Gasteiger charge is 2.70. The van der Waals surface area contributed by atoms with Crippen LogP contribution in [0, 0.1) is 29.6 Å². The molecule has 0 unspecified atom stereocenters. The van der Waals surface area contributed by atoms with Gasteiger partial charge in [-0.05, 0) is 60.9 Å². The summed E-state index contributed by atoms with van der Waals surface area (Å²) in [6, 6.07) is 14.1. The van der Waals surface area contributed by atoms with Crippen LogP contribution >= 0.6 is 0 Å². The summed E-state index contributed by atoms with van der Waals surface area (Å²) in [6.07, 6.45) is 0.604. The topological polar surface area (TPSA) is 94.5 Å². The second-order valence-corrected chi connectivity index (χ2v) is 9.02. The quantitative estimate of drug-likeness (QED) is 0.407. The average Bonchev–Trinajstić information content (AvgIpc) is 3.55. The lowest BCUT2D eigenvalue weighted by molar-refractivity contribution is -0.132. The van der Waals surface area contributed by atoms with Crippen molar-refractivity contribution < 1.29 is 28.7 Å². The Morgan fingerprint density at radius 2 is 1.58 bits per heavy atom. The van der Waals surface area contributed by atoms with E-state index in [9.17, 15) is 14.4 Å². The summed E-state index contributed by atoms with van der Waals surface area (Å²) >= 11 is 0. The van der Waals surface area contributed by atoms with Crippen molar-refractivity contribution in [3.05, 3.63) is 54.1 Å². The number of carbonyl (C=O) groups excluding carboxylic acids is 3. The van der Waals surface area contributed by atoms with Crippen LogP contribution in [0.5, 0.6) is 11.5 Å². The summed E-state index contributed by atoms with van der Waals surface area (Å²) in [4.78, 5) is 45.2. The fourth-order valence-corrected chi connectivity index (χ4v) is 6.21. The molecule has 0 aromatic heterocycles. The molecule has 8 nitrogen and oxygen atoms in total. The molecule has 6 rings (SSSR count). The molecule has 6 atom stereocenters. The summed E-state index contributed by atoms with van der Waals surface area (Å²) in [7, 11) is 1.62. The number of methoxy groups -OCH3 is 1. The SMILES string of the molecule is COc1ccc(C2=NO[C@H]3[C@H]4C[C@@H]([C@@H]23)[C@H]2C(=O)N(c3ccc(OC(C)=O)cc3)C(=O)[C@@H]42)cc1. The van der Waals surface area contributed by atoms with E-state index < -0.39 is 5.97 Å². The number of ether oxygens (including phenoxy) is 2. The molecular weight excluding hydrogens is 424 g/mol. The summed E-state index contributed by atoms with van der Waals surface area (Å²) in [5, 5.41) is 4.37. The minimum absolute atomic E-state index is 0.00677. The van der Waals surface area contributed by atoms with Crippen molar-refractivity contribution in [3.63, 3.8) is 0 Å². The molecule has 33 heavy (non-hydrogen) atoms. The van der Waals surface area contributed by atoms with Gasteiger partial charge in [-0.15, -0.1) is 0 Å². The van der Waals surface area contributed by atoms with Gasteiger partial charge in [0.25, 0.3) is 0 Å². The number of oxime groups is 1. The van der Waals surface area contributed by atoms with E-state index in [2.05, 4.69) is 5.16 Å². The van der Waals surface area contributed by atoms with Gasteiger partial charge in [0.2, 0.25) is 11.8 Å². The van der Waals surface area contributed by atoms with Gasteiger partial charge in [-0.25, -0.2) is 0 Å². The fraction of sp³-hybridized carbons (Fsp3) is 0.360. The van der Waals surface area contributed by atoms with Gasteiger partial charge in [0.05, 0.1) is 30.3 Å². The van der Waals surface area contributed by atoms with Crippen LogP contribution < -0.4 is 14.4 Å². The first-order valence-electron chi connectivity index (χ1n) is 11.0. The molecule has 2 aliphatic carbocycles. The van der Waals surface area contributed by atoms with Crippen LogP contribution in [-0.4, -0.2) is 36.7 Å². The molecule has 8 heteroatoms. The first-order chi connectivity index (χ1) is 16.0. The molecule has 0 radical (unpaired) electrons. The zero-order valence-corrected chi connectivity index (χ0v) is 18.1. The number of fused-ring (bicyclic) bond motifs is 8. The summed E-state index contributed by atoms with van der Waals surface area (Å²) in [6.45, 7) is 1.32. The fourth-order valence-electron chi connectivity index (χ4n) is 6.21. The highest BCUT2D eigenvalue weighted by molar-refractivity contribution is 6.23. The van der Waals surface area contributed by atoms with Gasteiger partial charge in [0.1, 0.15) is 17.6 Å². The van der Waals surface area contributed by atoms with Crippen LogP contribution in [-0.2, 0) is 19.2 Å². The third-order valence-electron chi connectivity index (χ3n) is 7.43. The third kappa shape index (κ3) is 2.83. The van der Waals surface area contributed by atoms with Crippen molar-refractivity contribution in [1.82, 2.24) is 0 Å². The maximum atomic E-state index is 13.5. The van der Waals surface area contributed by atoms with E-state index >= 15 is 0 Å². The predicted octanol–water partition coefficient (Wildman–Crippen LogP) is 2.80. The Morgan fingerprint density at radius 1 is 0.939 bits per heavy atom. The number of hydrogen-bond donors (Lipinski definition) is 0. The van der Waals surface area contributed by atoms with E-state index in [1.54, 1.807) is 31.4 Å². The number of amides is 2. The van der Waals surface area contributed by atoms with Crippen molar-refractivity contribution in [2.45, 2.75) is 19.4 Å². The Kier molecular flexibility index (Phi) is 4.33. The lowest BCUT2D eigenvalue weighted by Gasteiger charge is -2.29. The van der Waals surface area contributed by atoms with Crippen molar-refractivity contribution in [2.24, 2.45) is 34.7 Å². The van der Waals surface area contributed by atoms with Crippen LogP contribution in [0.15, 0.2) is 53.7 Å². The monoisotopic (exact) mass is 446 g/mol. The molecule has 0 N–H and O–H groups in total. The Bertz CT molecular complexity index is 1190. The van der Waals surface area contributed by atoms with Gasteiger partial charge in [-0.1, -0.05) is 5.16 Å². The van der Waals surface area contributed by atoms with Crippen molar-refractivity contribution >= 4 is 29.2 Å². The maximum Gasteiger partial charge on any atom is 0.308 e. The third-order valence-corrected chi connectivity index (χ3v) is 7.43. The number of imide groups is 1. The van der Waals surface area contributed by atoms with E-state index in [4.69, 9.17) is 14.3 Å². The molecular formula is C25H22N2O6. The van der Waals surface area contributed by atoms with Crippen LogP contribution in [0.1, 0.15) is 18.9 Å².